The number of carbonyl (C=O) groups is 1. The third kappa shape index (κ3) is 2.80. The summed E-state index contributed by atoms with van der Waals surface area (Å²) in [6.45, 7) is 1.68. The van der Waals surface area contributed by atoms with Gasteiger partial charge in [-0.3, -0.25) is 4.79 Å². The van der Waals surface area contributed by atoms with Crippen molar-refractivity contribution < 1.29 is 9.90 Å². The van der Waals surface area contributed by atoms with E-state index >= 15 is 0 Å². The zero-order valence-electron chi connectivity index (χ0n) is 10.3. The number of nitrogens with one attached hydrogen (secondary N) is 1. The number of halogens is 1. The average Bonchev–Trinajstić information content (AvgIpc) is 2.37. The molecule has 0 heterocycles. The van der Waals surface area contributed by atoms with E-state index in [4.69, 9.17) is 17.3 Å². The Kier molecular flexibility index (Phi) is 3.62. The number of nitrogen functional groups attached to an aromatic ring is 1. The second kappa shape index (κ2) is 5.20. The number of aromatic hydroxyl groups is 1. The van der Waals surface area contributed by atoms with Crippen molar-refractivity contribution in [2.45, 2.75) is 6.92 Å². The van der Waals surface area contributed by atoms with Crippen molar-refractivity contribution in [3.8, 4) is 5.75 Å². The molecule has 0 aliphatic rings. The van der Waals surface area contributed by atoms with Crippen molar-refractivity contribution in [2.75, 3.05) is 11.1 Å². The molecule has 4 nitrogen and oxygen atoms in total. The Hall–Kier alpha value is -2.20. The van der Waals surface area contributed by atoms with Crippen molar-refractivity contribution in [3.63, 3.8) is 0 Å². The van der Waals surface area contributed by atoms with E-state index in [0.29, 0.717) is 27.5 Å². The molecule has 98 valence electrons. The average molecular weight is 277 g/mol. The Morgan fingerprint density at radius 3 is 2.74 bits per heavy atom. The van der Waals surface area contributed by atoms with Gasteiger partial charge in [0, 0.05) is 16.8 Å². The quantitative estimate of drug-likeness (QED) is 0.737. The van der Waals surface area contributed by atoms with Crippen LogP contribution in [0.1, 0.15) is 15.9 Å². The number of carbonyl (C=O) groups excluding carboxylic acids is 1. The minimum Gasteiger partial charge on any atom is -0.508 e. The summed E-state index contributed by atoms with van der Waals surface area (Å²) in [4.78, 5) is 12.1. The van der Waals surface area contributed by atoms with Gasteiger partial charge < -0.3 is 16.2 Å². The Bertz CT molecular complexity index is 641. The normalized spacial score (nSPS) is 10.2. The Morgan fingerprint density at radius 2 is 2.05 bits per heavy atom. The molecule has 0 fully saturated rings. The van der Waals surface area contributed by atoms with E-state index in [1.165, 1.54) is 6.07 Å². The number of phenolic OH excluding ortho intramolecular Hbond substituents is 1. The Balaban J connectivity index is 2.26. The summed E-state index contributed by atoms with van der Waals surface area (Å²) in [5.41, 5.74) is 7.55. The van der Waals surface area contributed by atoms with Crippen molar-refractivity contribution in [3.05, 3.63) is 52.5 Å². The number of amides is 1. The summed E-state index contributed by atoms with van der Waals surface area (Å²) in [5, 5.41) is 12.7. The molecule has 4 N–H and O–H groups in total. The summed E-state index contributed by atoms with van der Waals surface area (Å²) >= 11 is 5.81. The standard InChI is InChI=1S/C14H13ClN2O2/c1-8-10(3-2-4-13(8)18)14(19)17-9-5-6-11(15)12(16)7-9/h2-7,18H,16H2,1H3,(H,17,19). The first-order valence-corrected chi connectivity index (χ1v) is 6.02. The van der Waals surface area contributed by atoms with E-state index in [0.717, 1.165) is 0 Å². The number of phenols is 1. The van der Waals surface area contributed by atoms with Gasteiger partial charge in [0.05, 0.1) is 10.7 Å². The van der Waals surface area contributed by atoms with E-state index < -0.39 is 0 Å². The molecule has 0 aliphatic carbocycles. The lowest BCUT2D eigenvalue weighted by atomic mass is 10.1. The summed E-state index contributed by atoms with van der Waals surface area (Å²) in [5.74, 6) is -0.224. The molecule has 5 heteroatoms. The molecule has 2 rings (SSSR count). The van der Waals surface area contributed by atoms with E-state index in [-0.39, 0.29) is 11.7 Å². The van der Waals surface area contributed by atoms with E-state index in [1.807, 2.05) is 0 Å². The molecule has 2 aromatic rings. The maximum atomic E-state index is 12.1. The number of hydrogen-bond acceptors (Lipinski definition) is 3. The third-order valence-electron chi connectivity index (χ3n) is 2.80. The molecule has 0 saturated heterocycles. The molecular weight excluding hydrogens is 264 g/mol. The minimum absolute atomic E-state index is 0.0864. The SMILES string of the molecule is Cc1c(O)cccc1C(=O)Nc1ccc(Cl)c(N)c1. The van der Waals surface area contributed by atoms with Gasteiger partial charge in [-0.25, -0.2) is 0 Å². The molecular formula is C14H13ClN2O2. The van der Waals surface area contributed by atoms with Gasteiger partial charge in [-0.2, -0.15) is 0 Å². The van der Waals surface area contributed by atoms with Gasteiger partial charge in [-0.15, -0.1) is 0 Å². The highest BCUT2D eigenvalue weighted by Crippen LogP contribution is 2.24. The predicted molar refractivity (Wildman–Crippen MR) is 76.7 cm³/mol. The van der Waals surface area contributed by atoms with Crippen LogP contribution in [0.4, 0.5) is 11.4 Å². The zero-order valence-corrected chi connectivity index (χ0v) is 11.0. The van der Waals surface area contributed by atoms with Crippen LogP contribution in [0.25, 0.3) is 0 Å². The first-order chi connectivity index (χ1) is 8.99. The minimum atomic E-state index is -0.310. The second-order valence-electron chi connectivity index (χ2n) is 4.14. The predicted octanol–water partition coefficient (Wildman–Crippen LogP) is 3.19. The largest absolute Gasteiger partial charge is 0.508 e. The van der Waals surface area contributed by atoms with Crippen molar-refractivity contribution in [1.29, 1.82) is 0 Å². The topological polar surface area (TPSA) is 75.3 Å². The highest BCUT2D eigenvalue weighted by atomic mass is 35.5. The van der Waals surface area contributed by atoms with Gasteiger partial charge in [0.1, 0.15) is 5.75 Å². The molecule has 0 saturated carbocycles. The molecule has 2 aromatic carbocycles. The fourth-order valence-corrected chi connectivity index (χ4v) is 1.81. The lowest BCUT2D eigenvalue weighted by Gasteiger charge is -2.09. The third-order valence-corrected chi connectivity index (χ3v) is 3.15. The molecule has 19 heavy (non-hydrogen) atoms. The van der Waals surface area contributed by atoms with Crippen LogP contribution in [0.15, 0.2) is 36.4 Å². The summed E-state index contributed by atoms with van der Waals surface area (Å²) < 4.78 is 0. The molecule has 0 radical (unpaired) electrons. The van der Waals surface area contributed by atoms with Crippen LogP contribution in [0.5, 0.6) is 5.75 Å². The van der Waals surface area contributed by atoms with E-state index in [2.05, 4.69) is 5.32 Å². The zero-order chi connectivity index (χ0) is 14.0. The van der Waals surface area contributed by atoms with Gasteiger partial charge in [-0.1, -0.05) is 17.7 Å². The summed E-state index contributed by atoms with van der Waals surface area (Å²) in [6.07, 6.45) is 0. The number of anilines is 2. The fourth-order valence-electron chi connectivity index (χ4n) is 1.69. The summed E-state index contributed by atoms with van der Waals surface area (Å²) in [7, 11) is 0. The van der Waals surface area contributed by atoms with Gasteiger partial charge in [0.25, 0.3) is 5.91 Å². The van der Waals surface area contributed by atoms with Crippen LogP contribution < -0.4 is 11.1 Å². The van der Waals surface area contributed by atoms with Gasteiger partial charge in [0.2, 0.25) is 0 Å². The lowest BCUT2D eigenvalue weighted by Crippen LogP contribution is -2.13. The first-order valence-electron chi connectivity index (χ1n) is 5.64. The number of nitrogens with two attached hydrogens (primary N) is 1. The highest BCUT2D eigenvalue weighted by molar-refractivity contribution is 6.33. The Morgan fingerprint density at radius 1 is 1.32 bits per heavy atom. The number of hydrogen-bond donors (Lipinski definition) is 3. The van der Waals surface area contributed by atoms with Crippen LogP contribution in [0.3, 0.4) is 0 Å². The lowest BCUT2D eigenvalue weighted by molar-refractivity contribution is 0.102. The van der Waals surface area contributed by atoms with Crippen molar-refractivity contribution in [2.24, 2.45) is 0 Å². The molecule has 0 spiro atoms. The maximum Gasteiger partial charge on any atom is 0.256 e. The molecule has 0 atom stereocenters. The van der Waals surface area contributed by atoms with Crippen LogP contribution >= 0.6 is 11.6 Å². The first kappa shape index (κ1) is 13.2. The second-order valence-corrected chi connectivity index (χ2v) is 4.55. The smallest absolute Gasteiger partial charge is 0.256 e. The molecule has 0 bridgehead atoms. The van der Waals surface area contributed by atoms with Gasteiger partial charge in [0.15, 0.2) is 0 Å². The van der Waals surface area contributed by atoms with Crippen LogP contribution in [0.2, 0.25) is 5.02 Å². The van der Waals surface area contributed by atoms with Crippen LogP contribution in [0, 0.1) is 6.92 Å². The maximum absolute atomic E-state index is 12.1. The van der Waals surface area contributed by atoms with Crippen LogP contribution in [-0.4, -0.2) is 11.0 Å². The molecule has 1 amide bonds. The Labute approximate surface area is 115 Å². The highest BCUT2D eigenvalue weighted by Gasteiger charge is 2.11. The van der Waals surface area contributed by atoms with Gasteiger partial charge in [-0.05, 0) is 37.3 Å². The van der Waals surface area contributed by atoms with Crippen LogP contribution in [-0.2, 0) is 0 Å². The number of rotatable bonds is 2. The number of benzene rings is 2. The van der Waals surface area contributed by atoms with E-state index in [1.54, 1.807) is 37.3 Å². The van der Waals surface area contributed by atoms with E-state index in [9.17, 15) is 9.90 Å². The van der Waals surface area contributed by atoms with Crippen molar-refractivity contribution in [1.82, 2.24) is 0 Å². The fraction of sp³-hybridized carbons (Fsp3) is 0.0714. The molecule has 0 aromatic heterocycles. The monoisotopic (exact) mass is 276 g/mol. The van der Waals surface area contributed by atoms with Crippen molar-refractivity contribution >= 4 is 28.9 Å². The summed E-state index contributed by atoms with van der Waals surface area (Å²) in [6, 6.07) is 9.65. The molecule has 0 aliphatic heterocycles. The van der Waals surface area contributed by atoms with Gasteiger partial charge >= 0.3 is 0 Å². The molecule has 0 unspecified atom stereocenters.